The Labute approximate surface area is 111 Å². The zero-order valence-electron chi connectivity index (χ0n) is 10.2. The highest BCUT2D eigenvalue weighted by molar-refractivity contribution is 7.80. The number of aromatic amines is 1. The molecule has 0 aliphatic rings. The molecule has 0 radical (unpaired) electrons. The van der Waals surface area contributed by atoms with Gasteiger partial charge >= 0.3 is 0 Å². The lowest BCUT2D eigenvalue weighted by Gasteiger charge is -2.19. The van der Waals surface area contributed by atoms with Crippen molar-refractivity contribution in [3.05, 3.63) is 36.2 Å². The topological polar surface area (TPSA) is 57.7 Å². The third-order valence-corrected chi connectivity index (χ3v) is 3.18. The first kappa shape index (κ1) is 12.6. The molecule has 2 rings (SSSR count). The van der Waals surface area contributed by atoms with E-state index < -0.39 is 0 Å². The summed E-state index contributed by atoms with van der Waals surface area (Å²) in [5.74, 6) is 0.736. The third kappa shape index (κ3) is 3.33. The number of hydrogen-bond acceptors (Lipinski definition) is 4. The third-order valence-electron chi connectivity index (χ3n) is 2.70. The predicted molar refractivity (Wildman–Crippen MR) is 74.6 cm³/mol. The van der Waals surface area contributed by atoms with E-state index in [0.29, 0.717) is 0 Å². The predicted octanol–water partition coefficient (Wildman–Crippen LogP) is 1.99. The largest absolute Gasteiger partial charge is 0.339 e. The summed E-state index contributed by atoms with van der Waals surface area (Å²) in [5, 5.41) is 13.8. The van der Waals surface area contributed by atoms with E-state index >= 15 is 0 Å². The molecule has 0 bridgehead atoms. The van der Waals surface area contributed by atoms with Crippen molar-refractivity contribution in [3.8, 4) is 0 Å². The van der Waals surface area contributed by atoms with Gasteiger partial charge in [0.15, 0.2) is 5.82 Å². The molecule has 2 aromatic rings. The van der Waals surface area contributed by atoms with Crippen LogP contribution >= 0.6 is 12.2 Å². The molecule has 0 aliphatic heterocycles. The SMILES string of the molecule is CN(C(=S)CCCc1nn[nH]n1)c1ccccc1. The normalized spacial score (nSPS) is 10.3. The average molecular weight is 261 g/mol. The Morgan fingerprint density at radius 1 is 1.33 bits per heavy atom. The van der Waals surface area contributed by atoms with Crippen LogP contribution in [0, 0.1) is 0 Å². The lowest BCUT2D eigenvalue weighted by Crippen LogP contribution is -2.24. The number of aromatic nitrogens is 4. The van der Waals surface area contributed by atoms with Gasteiger partial charge in [0.2, 0.25) is 0 Å². The fourth-order valence-corrected chi connectivity index (χ4v) is 1.90. The first-order valence-corrected chi connectivity index (χ1v) is 6.22. The number of rotatable bonds is 5. The quantitative estimate of drug-likeness (QED) is 0.834. The summed E-state index contributed by atoms with van der Waals surface area (Å²) in [7, 11) is 1.99. The molecule has 0 fully saturated rings. The van der Waals surface area contributed by atoms with Gasteiger partial charge in [0.25, 0.3) is 0 Å². The summed E-state index contributed by atoms with van der Waals surface area (Å²) >= 11 is 5.42. The number of anilines is 1. The van der Waals surface area contributed by atoms with Crippen molar-refractivity contribution in [3.63, 3.8) is 0 Å². The van der Waals surface area contributed by atoms with Crippen LogP contribution in [0.25, 0.3) is 0 Å². The standard InChI is InChI=1S/C12H15N5S/c1-17(10-6-3-2-4-7-10)12(18)9-5-8-11-13-15-16-14-11/h2-4,6-7H,5,8-9H2,1H3,(H,13,14,15,16). The first-order chi connectivity index (χ1) is 8.77. The molecule has 5 nitrogen and oxygen atoms in total. The lowest BCUT2D eigenvalue weighted by atomic mass is 10.2. The van der Waals surface area contributed by atoms with Crippen LogP contribution in [0.1, 0.15) is 18.7 Å². The summed E-state index contributed by atoms with van der Waals surface area (Å²) in [4.78, 5) is 2.95. The minimum Gasteiger partial charge on any atom is -0.339 e. The molecule has 1 aromatic carbocycles. The number of hydrogen-bond donors (Lipinski definition) is 1. The molecule has 1 N–H and O–H groups in total. The zero-order chi connectivity index (χ0) is 12.8. The van der Waals surface area contributed by atoms with Crippen LogP contribution < -0.4 is 4.90 Å². The van der Waals surface area contributed by atoms with Crippen LogP contribution in [0.5, 0.6) is 0 Å². The van der Waals surface area contributed by atoms with Gasteiger partial charge in [0.05, 0.1) is 4.99 Å². The Balaban J connectivity index is 1.81. The van der Waals surface area contributed by atoms with E-state index in [9.17, 15) is 0 Å². The smallest absolute Gasteiger partial charge is 0.174 e. The number of nitrogens with one attached hydrogen (secondary N) is 1. The van der Waals surface area contributed by atoms with Crippen molar-refractivity contribution in [2.45, 2.75) is 19.3 Å². The van der Waals surface area contributed by atoms with Crippen LogP contribution in [-0.2, 0) is 6.42 Å². The van der Waals surface area contributed by atoms with Gasteiger partial charge in [0.1, 0.15) is 0 Å². The van der Waals surface area contributed by atoms with Gasteiger partial charge in [-0.1, -0.05) is 35.6 Å². The Morgan fingerprint density at radius 3 is 2.78 bits per heavy atom. The first-order valence-electron chi connectivity index (χ1n) is 5.81. The van der Waals surface area contributed by atoms with Crippen molar-refractivity contribution < 1.29 is 0 Å². The van der Waals surface area contributed by atoms with Gasteiger partial charge in [-0.15, -0.1) is 10.2 Å². The Kier molecular flexibility index (Phi) is 4.35. The highest BCUT2D eigenvalue weighted by Crippen LogP contribution is 2.14. The van der Waals surface area contributed by atoms with Crippen LogP contribution in [0.4, 0.5) is 5.69 Å². The van der Waals surface area contributed by atoms with Gasteiger partial charge in [-0.3, -0.25) is 0 Å². The van der Waals surface area contributed by atoms with Gasteiger partial charge in [0, 0.05) is 19.2 Å². The summed E-state index contributed by atoms with van der Waals surface area (Å²) in [6.07, 6.45) is 2.56. The second-order valence-corrected chi connectivity index (χ2v) is 4.44. The molecule has 0 amide bonds. The Bertz CT molecular complexity index is 482. The molecule has 1 heterocycles. The van der Waals surface area contributed by atoms with E-state index in [-0.39, 0.29) is 0 Å². The number of thiocarbonyl (C=S) groups is 1. The van der Waals surface area contributed by atoms with E-state index in [1.54, 1.807) is 0 Å². The Hall–Kier alpha value is -1.82. The maximum atomic E-state index is 5.42. The maximum absolute atomic E-state index is 5.42. The van der Waals surface area contributed by atoms with Crippen molar-refractivity contribution >= 4 is 22.9 Å². The second-order valence-electron chi connectivity index (χ2n) is 3.97. The molecule has 0 unspecified atom stereocenters. The summed E-state index contributed by atoms with van der Waals surface area (Å²) in [6.45, 7) is 0. The number of aryl methyl sites for hydroxylation is 1. The number of H-pyrrole nitrogens is 1. The second kappa shape index (κ2) is 6.20. The minimum absolute atomic E-state index is 0.736. The maximum Gasteiger partial charge on any atom is 0.174 e. The molecule has 0 aliphatic carbocycles. The van der Waals surface area contributed by atoms with Gasteiger partial charge in [-0.25, -0.2) is 0 Å². The highest BCUT2D eigenvalue weighted by Gasteiger charge is 2.07. The highest BCUT2D eigenvalue weighted by atomic mass is 32.1. The average Bonchev–Trinajstić information content (AvgIpc) is 2.92. The molecular formula is C12H15N5S. The Morgan fingerprint density at radius 2 is 2.11 bits per heavy atom. The molecule has 0 saturated carbocycles. The van der Waals surface area contributed by atoms with Crippen molar-refractivity contribution in [1.29, 1.82) is 0 Å². The summed E-state index contributed by atoms with van der Waals surface area (Å²) < 4.78 is 0. The van der Waals surface area contributed by atoms with E-state index in [4.69, 9.17) is 12.2 Å². The molecule has 94 valence electrons. The fraction of sp³-hybridized carbons (Fsp3) is 0.333. The van der Waals surface area contributed by atoms with E-state index in [2.05, 4.69) is 20.6 Å². The number of benzene rings is 1. The summed E-state index contributed by atoms with van der Waals surface area (Å²) in [5.41, 5.74) is 1.11. The minimum atomic E-state index is 0.736. The number of tetrazole rings is 1. The molecule has 18 heavy (non-hydrogen) atoms. The van der Waals surface area contributed by atoms with Gasteiger partial charge < -0.3 is 4.90 Å². The van der Waals surface area contributed by atoms with Crippen LogP contribution in [0.3, 0.4) is 0 Å². The molecule has 1 aromatic heterocycles. The summed E-state index contributed by atoms with van der Waals surface area (Å²) in [6, 6.07) is 10.1. The van der Waals surface area contributed by atoms with Crippen LogP contribution in [0.15, 0.2) is 30.3 Å². The van der Waals surface area contributed by atoms with E-state index in [1.165, 1.54) is 0 Å². The van der Waals surface area contributed by atoms with Crippen molar-refractivity contribution in [1.82, 2.24) is 20.6 Å². The van der Waals surface area contributed by atoms with Crippen LogP contribution in [-0.4, -0.2) is 32.7 Å². The van der Waals surface area contributed by atoms with Gasteiger partial charge in [-0.05, 0) is 25.0 Å². The van der Waals surface area contributed by atoms with Crippen molar-refractivity contribution in [2.75, 3.05) is 11.9 Å². The van der Waals surface area contributed by atoms with Crippen LogP contribution in [0.2, 0.25) is 0 Å². The monoisotopic (exact) mass is 261 g/mol. The van der Waals surface area contributed by atoms with E-state index in [1.807, 2.05) is 42.3 Å². The number of para-hydroxylation sites is 1. The molecule has 0 spiro atoms. The van der Waals surface area contributed by atoms with Crippen molar-refractivity contribution in [2.24, 2.45) is 0 Å². The zero-order valence-corrected chi connectivity index (χ0v) is 11.0. The molecular weight excluding hydrogens is 246 g/mol. The molecule has 0 saturated heterocycles. The van der Waals surface area contributed by atoms with Gasteiger partial charge in [-0.2, -0.15) is 5.21 Å². The van der Waals surface area contributed by atoms with E-state index in [0.717, 1.165) is 35.8 Å². The molecule has 6 heteroatoms. The fourth-order valence-electron chi connectivity index (χ4n) is 1.65. The molecule has 0 atom stereocenters. The lowest BCUT2D eigenvalue weighted by molar-refractivity contribution is 0.803. The number of nitrogens with zero attached hydrogens (tertiary/aromatic N) is 4.